The van der Waals surface area contributed by atoms with E-state index in [4.69, 9.17) is 0 Å². The fourth-order valence-electron chi connectivity index (χ4n) is 2.89. The molecule has 5 heteroatoms. The molecule has 0 saturated heterocycles. The molecule has 0 radical (unpaired) electrons. The number of hydrogen-bond donors (Lipinski definition) is 2. The van der Waals surface area contributed by atoms with Crippen LogP contribution in [-0.2, 0) is 12.8 Å². The predicted molar refractivity (Wildman–Crippen MR) is 79.7 cm³/mol. The fraction of sp³-hybridized carbons (Fsp3) is 0.800. The summed E-state index contributed by atoms with van der Waals surface area (Å²) in [5, 5.41) is 21.7. The molecule has 2 N–H and O–H groups in total. The van der Waals surface area contributed by atoms with Crippen LogP contribution in [-0.4, -0.2) is 32.9 Å². The van der Waals surface area contributed by atoms with Crippen LogP contribution in [0.25, 0.3) is 0 Å². The molecule has 112 valence electrons. The monoisotopic (exact) mass is 278 g/mol. The van der Waals surface area contributed by atoms with Crippen molar-refractivity contribution in [2.45, 2.75) is 64.9 Å². The summed E-state index contributed by atoms with van der Waals surface area (Å²) >= 11 is 0. The zero-order chi connectivity index (χ0) is 14.4. The Morgan fingerprint density at radius 1 is 1.10 bits per heavy atom. The summed E-state index contributed by atoms with van der Waals surface area (Å²) in [6, 6.07) is 0. The molecular formula is C15H26N4O. The maximum absolute atomic E-state index is 10.2. The Labute approximate surface area is 121 Å². The number of anilines is 1. The van der Waals surface area contributed by atoms with Crippen LogP contribution < -0.4 is 5.32 Å². The summed E-state index contributed by atoms with van der Waals surface area (Å²) in [5.41, 5.74) is 1.96. The Hall–Kier alpha value is -1.23. The molecular weight excluding hydrogens is 252 g/mol. The zero-order valence-electron chi connectivity index (χ0n) is 12.6. The van der Waals surface area contributed by atoms with Crippen LogP contribution in [0.4, 0.5) is 5.95 Å². The van der Waals surface area contributed by atoms with Crippen LogP contribution >= 0.6 is 0 Å². The van der Waals surface area contributed by atoms with Gasteiger partial charge in [-0.25, -0.2) is 4.98 Å². The van der Waals surface area contributed by atoms with Crippen molar-refractivity contribution in [1.82, 2.24) is 15.2 Å². The van der Waals surface area contributed by atoms with Crippen molar-refractivity contribution >= 4 is 5.95 Å². The van der Waals surface area contributed by atoms with Crippen molar-refractivity contribution in [1.29, 1.82) is 0 Å². The van der Waals surface area contributed by atoms with Gasteiger partial charge in [0, 0.05) is 6.54 Å². The Morgan fingerprint density at radius 2 is 1.80 bits per heavy atom. The minimum atomic E-state index is -0.310. The minimum absolute atomic E-state index is 0.310. The molecule has 1 aromatic rings. The Bertz CT molecular complexity index is 418. The average molecular weight is 278 g/mol. The average Bonchev–Trinajstić information content (AvgIpc) is 2.53. The minimum Gasteiger partial charge on any atom is -0.391 e. The topological polar surface area (TPSA) is 70.9 Å². The van der Waals surface area contributed by atoms with Crippen LogP contribution in [0.1, 0.15) is 57.3 Å². The molecule has 1 aromatic heterocycles. The Morgan fingerprint density at radius 3 is 2.45 bits per heavy atom. The van der Waals surface area contributed by atoms with Crippen molar-refractivity contribution in [3.8, 4) is 0 Å². The molecule has 20 heavy (non-hydrogen) atoms. The summed E-state index contributed by atoms with van der Waals surface area (Å²) in [5.74, 6) is 0.957. The van der Waals surface area contributed by atoms with Crippen LogP contribution in [0.15, 0.2) is 0 Å². The smallest absolute Gasteiger partial charge is 0.243 e. The number of aliphatic hydroxyl groups is 1. The van der Waals surface area contributed by atoms with Gasteiger partial charge >= 0.3 is 0 Å². The normalized spacial score (nSPS) is 17.9. The first-order valence-electron chi connectivity index (χ1n) is 7.89. The lowest BCUT2D eigenvalue weighted by Crippen LogP contribution is -2.30. The molecule has 1 atom stereocenters. The molecule has 0 aromatic carbocycles. The largest absolute Gasteiger partial charge is 0.391 e. The molecule has 1 aliphatic rings. The Kier molecular flexibility index (Phi) is 5.71. The number of aromatic nitrogens is 3. The van der Waals surface area contributed by atoms with Gasteiger partial charge in [-0.2, -0.15) is 5.10 Å². The van der Waals surface area contributed by atoms with E-state index in [0.29, 0.717) is 18.4 Å². The van der Waals surface area contributed by atoms with E-state index in [1.165, 1.54) is 19.3 Å². The summed E-state index contributed by atoms with van der Waals surface area (Å²) in [6.07, 6.45) is 7.47. The van der Waals surface area contributed by atoms with E-state index in [2.05, 4.69) is 34.3 Å². The van der Waals surface area contributed by atoms with Gasteiger partial charge in [0.1, 0.15) is 0 Å². The van der Waals surface area contributed by atoms with Gasteiger partial charge in [0.05, 0.1) is 17.5 Å². The molecule has 1 heterocycles. The first kappa shape index (κ1) is 15.2. The molecule has 0 spiro atoms. The highest BCUT2D eigenvalue weighted by Crippen LogP contribution is 2.26. The van der Waals surface area contributed by atoms with Crippen molar-refractivity contribution in [2.24, 2.45) is 5.92 Å². The lowest BCUT2D eigenvalue weighted by molar-refractivity contribution is 0.0955. The van der Waals surface area contributed by atoms with Crippen LogP contribution in [0.2, 0.25) is 0 Å². The van der Waals surface area contributed by atoms with E-state index in [9.17, 15) is 5.11 Å². The van der Waals surface area contributed by atoms with Gasteiger partial charge in [-0.15, -0.1) is 5.10 Å². The van der Waals surface area contributed by atoms with Gasteiger partial charge in [0.25, 0.3) is 0 Å². The molecule has 5 nitrogen and oxygen atoms in total. The fourth-order valence-corrected chi connectivity index (χ4v) is 2.89. The number of nitrogens with one attached hydrogen (secondary N) is 1. The van der Waals surface area contributed by atoms with Gasteiger partial charge in [0.15, 0.2) is 0 Å². The third-order valence-corrected chi connectivity index (χ3v) is 4.17. The maximum Gasteiger partial charge on any atom is 0.243 e. The van der Waals surface area contributed by atoms with Crippen LogP contribution in [0.5, 0.6) is 0 Å². The summed E-state index contributed by atoms with van der Waals surface area (Å²) < 4.78 is 0. The Balaban J connectivity index is 1.89. The number of hydrogen-bond acceptors (Lipinski definition) is 5. The molecule has 1 fully saturated rings. The van der Waals surface area contributed by atoms with E-state index >= 15 is 0 Å². The molecule has 1 unspecified atom stereocenters. The second-order valence-corrected chi connectivity index (χ2v) is 5.58. The van der Waals surface area contributed by atoms with Crippen LogP contribution in [0.3, 0.4) is 0 Å². The first-order chi connectivity index (χ1) is 9.74. The highest BCUT2D eigenvalue weighted by Gasteiger charge is 2.21. The second-order valence-electron chi connectivity index (χ2n) is 5.58. The van der Waals surface area contributed by atoms with Crippen molar-refractivity contribution in [3.63, 3.8) is 0 Å². The molecule has 0 aliphatic heterocycles. The number of nitrogens with zero attached hydrogens (tertiary/aromatic N) is 3. The van der Waals surface area contributed by atoms with E-state index in [1.807, 2.05) is 0 Å². The standard InChI is InChI=1S/C15H26N4O/c1-3-12-13(4-2)18-19-15(17-12)16-10-14(20)11-8-6-5-7-9-11/h11,14,20H,3-10H2,1-2H3,(H,16,17,19). The first-order valence-corrected chi connectivity index (χ1v) is 7.89. The third-order valence-electron chi connectivity index (χ3n) is 4.17. The van der Waals surface area contributed by atoms with Gasteiger partial charge in [-0.3, -0.25) is 0 Å². The number of aryl methyl sites for hydroxylation is 2. The predicted octanol–water partition coefficient (Wildman–Crippen LogP) is 2.35. The lowest BCUT2D eigenvalue weighted by Gasteiger charge is -2.26. The van der Waals surface area contributed by atoms with Gasteiger partial charge < -0.3 is 10.4 Å². The zero-order valence-corrected chi connectivity index (χ0v) is 12.6. The maximum atomic E-state index is 10.2. The number of rotatable bonds is 6. The van der Waals surface area contributed by atoms with E-state index in [0.717, 1.165) is 37.1 Å². The molecule has 1 aliphatic carbocycles. The van der Waals surface area contributed by atoms with Crippen LogP contribution in [0, 0.1) is 5.92 Å². The van der Waals surface area contributed by atoms with Crippen molar-refractivity contribution in [3.05, 3.63) is 11.4 Å². The highest BCUT2D eigenvalue weighted by atomic mass is 16.3. The number of aliphatic hydroxyl groups excluding tert-OH is 1. The van der Waals surface area contributed by atoms with Gasteiger partial charge in [-0.1, -0.05) is 33.1 Å². The van der Waals surface area contributed by atoms with Gasteiger partial charge in [-0.05, 0) is 31.6 Å². The molecule has 0 bridgehead atoms. The molecule has 2 rings (SSSR count). The van der Waals surface area contributed by atoms with Gasteiger partial charge in [0.2, 0.25) is 5.95 Å². The molecule has 1 saturated carbocycles. The van der Waals surface area contributed by atoms with Crippen molar-refractivity contribution < 1.29 is 5.11 Å². The van der Waals surface area contributed by atoms with E-state index in [1.54, 1.807) is 0 Å². The summed E-state index contributed by atoms with van der Waals surface area (Å²) in [6.45, 7) is 4.65. The third kappa shape index (κ3) is 3.88. The van der Waals surface area contributed by atoms with E-state index < -0.39 is 0 Å². The lowest BCUT2D eigenvalue weighted by atomic mass is 9.85. The SMILES string of the molecule is CCc1nnc(NCC(O)C2CCCCC2)nc1CC. The van der Waals surface area contributed by atoms with E-state index in [-0.39, 0.29) is 6.10 Å². The summed E-state index contributed by atoms with van der Waals surface area (Å²) in [4.78, 5) is 4.48. The molecule has 0 amide bonds. The second kappa shape index (κ2) is 7.53. The summed E-state index contributed by atoms with van der Waals surface area (Å²) in [7, 11) is 0. The quantitative estimate of drug-likeness (QED) is 0.836. The highest BCUT2D eigenvalue weighted by molar-refractivity contribution is 5.26. The van der Waals surface area contributed by atoms with Crippen molar-refractivity contribution in [2.75, 3.05) is 11.9 Å².